The third kappa shape index (κ3) is 7.60. The van der Waals surface area contributed by atoms with E-state index in [4.69, 9.17) is 9.47 Å². The van der Waals surface area contributed by atoms with Gasteiger partial charge in [-0.25, -0.2) is 19.2 Å². The number of hydrogen-bond acceptors (Lipinski definition) is 11. The molecule has 2 aromatic rings. The molecule has 0 saturated heterocycles. The number of fused-ring (bicyclic) bond motifs is 7. The number of ether oxygens (including phenoxy) is 4. The molecule has 8 rings (SSSR count). The molecule has 270 valence electrons. The zero-order valence-electron chi connectivity index (χ0n) is 28.9. The minimum absolute atomic E-state index is 0. The standard InChI is InChI=1S/2C11H14N2O2.C7H10O.C6H10O4.CH4/c2*1-3-15-11(14)10-7-4-6-5(2)8(6)9(7)12-13-10;1-4-5-2-3-6(8)7(4)5;1-3-9-5(7)6(8)10-4-2;/h2*5-6,8H,3-4H2,1-2H3,(H,12,13);4-5,7H,2-3H2,1H3;3-4H2,1-2H3;1H4/t5-,6+,8-;5-,6-,8+;4?,5-,7+;;/m100../s1. The molecule has 4 fully saturated rings. The fraction of sp³-hybridized carbons (Fsp3) is 0.694. The van der Waals surface area contributed by atoms with E-state index in [1.807, 2.05) is 13.8 Å². The van der Waals surface area contributed by atoms with Crippen LogP contribution in [0.25, 0.3) is 0 Å². The third-order valence-corrected chi connectivity index (χ3v) is 10.8. The summed E-state index contributed by atoms with van der Waals surface area (Å²) in [6.45, 7) is 14.8. The number of aromatic amines is 2. The van der Waals surface area contributed by atoms with E-state index in [1.54, 1.807) is 13.8 Å². The first kappa shape index (κ1) is 37.8. The Hall–Kier alpha value is -4.03. The van der Waals surface area contributed by atoms with Crippen LogP contribution >= 0.6 is 0 Å². The minimum atomic E-state index is -0.927. The van der Waals surface area contributed by atoms with Crippen LogP contribution in [0.1, 0.15) is 124 Å². The van der Waals surface area contributed by atoms with E-state index in [0.29, 0.717) is 48.1 Å². The number of nitrogens with zero attached hydrogens (tertiary/aromatic N) is 2. The number of carbonyl (C=O) groups is 5. The molecule has 13 heteroatoms. The van der Waals surface area contributed by atoms with Crippen LogP contribution < -0.4 is 0 Å². The van der Waals surface area contributed by atoms with Gasteiger partial charge >= 0.3 is 23.9 Å². The van der Waals surface area contributed by atoms with Gasteiger partial charge in [-0.3, -0.25) is 15.0 Å². The van der Waals surface area contributed by atoms with Gasteiger partial charge in [0.15, 0.2) is 11.4 Å². The Morgan fingerprint density at radius 1 is 0.633 bits per heavy atom. The van der Waals surface area contributed by atoms with Crippen LogP contribution in [0.4, 0.5) is 0 Å². The van der Waals surface area contributed by atoms with Crippen molar-refractivity contribution in [3.8, 4) is 0 Å². The topological polar surface area (TPSA) is 180 Å². The van der Waals surface area contributed by atoms with Crippen LogP contribution in [0, 0.1) is 41.4 Å². The summed E-state index contributed by atoms with van der Waals surface area (Å²) in [4.78, 5) is 54.8. The smallest absolute Gasteiger partial charge is 0.417 e. The molecule has 0 aromatic carbocycles. The van der Waals surface area contributed by atoms with Crippen LogP contribution in [0.3, 0.4) is 0 Å². The van der Waals surface area contributed by atoms with Crippen molar-refractivity contribution < 1.29 is 42.9 Å². The fourth-order valence-electron chi connectivity index (χ4n) is 7.98. The Morgan fingerprint density at radius 3 is 1.33 bits per heavy atom. The number of nitrogens with one attached hydrogen (secondary N) is 2. The fourth-order valence-corrected chi connectivity index (χ4v) is 7.98. The Morgan fingerprint density at radius 2 is 1.02 bits per heavy atom. The Bertz CT molecular complexity index is 1450. The van der Waals surface area contributed by atoms with Crippen LogP contribution in [-0.2, 0) is 46.2 Å². The highest BCUT2D eigenvalue weighted by atomic mass is 16.6. The molecule has 6 aliphatic carbocycles. The highest BCUT2D eigenvalue weighted by molar-refractivity contribution is 6.29. The predicted molar refractivity (Wildman–Crippen MR) is 178 cm³/mol. The van der Waals surface area contributed by atoms with Crippen molar-refractivity contribution in [2.75, 3.05) is 26.4 Å². The van der Waals surface area contributed by atoms with E-state index in [-0.39, 0.29) is 32.6 Å². The SMILES string of the molecule is C.CC1[C@H]2C(=O)CC[C@@H]12.CCOC(=O)C(=O)OCC.CCOC(=O)c1n[nH]c2c1C[C@H]1[C@@H](C)[C@@H]21.CCOC(=O)c1n[nH]c2c1C[C@H]1[C@H](C)[C@@H]21. The van der Waals surface area contributed by atoms with Crippen molar-refractivity contribution in [3.63, 3.8) is 0 Å². The van der Waals surface area contributed by atoms with E-state index in [1.165, 1.54) is 17.8 Å². The lowest BCUT2D eigenvalue weighted by molar-refractivity contribution is -0.167. The Balaban J connectivity index is 0.000000151. The predicted octanol–water partition coefficient (Wildman–Crippen LogP) is 4.96. The molecule has 13 nitrogen and oxygen atoms in total. The lowest BCUT2D eigenvalue weighted by Gasteiger charge is -2.01. The van der Waals surface area contributed by atoms with Crippen LogP contribution in [-0.4, -0.2) is 76.5 Å². The maximum atomic E-state index is 11.6. The van der Waals surface area contributed by atoms with Gasteiger partial charge in [-0.1, -0.05) is 28.2 Å². The number of esters is 4. The first-order valence-electron chi connectivity index (χ1n) is 17.3. The summed E-state index contributed by atoms with van der Waals surface area (Å²) < 4.78 is 18.6. The summed E-state index contributed by atoms with van der Waals surface area (Å²) in [6, 6.07) is 0. The first-order chi connectivity index (χ1) is 23.0. The summed E-state index contributed by atoms with van der Waals surface area (Å²) in [6.07, 6.45) is 4.04. The number of carbonyl (C=O) groups excluding carboxylic acids is 5. The highest BCUT2D eigenvalue weighted by Crippen LogP contribution is 2.61. The third-order valence-electron chi connectivity index (χ3n) is 10.8. The average molecular weight is 685 g/mol. The zero-order chi connectivity index (χ0) is 34.9. The van der Waals surface area contributed by atoms with Crippen molar-refractivity contribution in [1.29, 1.82) is 0 Å². The van der Waals surface area contributed by atoms with Gasteiger partial charge in [-0.05, 0) is 82.5 Å². The van der Waals surface area contributed by atoms with E-state index in [9.17, 15) is 24.0 Å². The molecular weight excluding hydrogens is 632 g/mol. The molecule has 49 heavy (non-hydrogen) atoms. The molecule has 2 aromatic heterocycles. The molecular formula is C36H52N4O9. The number of aromatic nitrogens is 4. The molecule has 0 spiro atoms. The average Bonchev–Trinajstić information content (AvgIpc) is 3.66. The largest absolute Gasteiger partial charge is 0.461 e. The molecule has 0 bridgehead atoms. The number of Topliss-reactive ketones (excluding diaryl/α,β-unsaturated/α-hetero) is 1. The van der Waals surface area contributed by atoms with Crippen LogP contribution in [0.2, 0.25) is 0 Å². The van der Waals surface area contributed by atoms with Gasteiger partial charge in [0, 0.05) is 46.7 Å². The van der Waals surface area contributed by atoms with Crippen molar-refractivity contribution in [2.24, 2.45) is 41.4 Å². The van der Waals surface area contributed by atoms with E-state index >= 15 is 0 Å². The first-order valence-corrected chi connectivity index (χ1v) is 17.3. The second-order valence-electron chi connectivity index (χ2n) is 13.4. The molecule has 0 aliphatic heterocycles. The summed E-state index contributed by atoms with van der Waals surface area (Å²) >= 11 is 0. The maximum Gasteiger partial charge on any atom is 0.417 e. The van der Waals surface area contributed by atoms with Crippen molar-refractivity contribution >= 4 is 29.7 Å². The molecule has 9 atom stereocenters. The lowest BCUT2D eigenvalue weighted by atomic mass is 10.1. The Labute approximate surface area is 287 Å². The summed E-state index contributed by atoms with van der Waals surface area (Å²) in [5, 5.41) is 14.1. The molecule has 1 unspecified atom stereocenters. The van der Waals surface area contributed by atoms with Gasteiger partial charge < -0.3 is 18.9 Å². The van der Waals surface area contributed by atoms with Gasteiger partial charge in [-0.2, -0.15) is 10.2 Å². The quantitative estimate of drug-likeness (QED) is 0.238. The lowest BCUT2D eigenvalue weighted by Crippen LogP contribution is -2.19. The van der Waals surface area contributed by atoms with Crippen LogP contribution in [0.15, 0.2) is 0 Å². The molecule has 0 amide bonds. The second kappa shape index (κ2) is 15.7. The number of H-pyrrole nitrogens is 2. The van der Waals surface area contributed by atoms with Gasteiger partial charge in [0.1, 0.15) is 5.78 Å². The van der Waals surface area contributed by atoms with E-state index < -0.39 is 11.9 Å². The Kier molecular flexibility index (Phi) is 12.1. The number of hydrogen-bond donors (Lipinski definition) is 2. The maximum absolute atomic E-state index is 11.6. The summed E-state index contributed by atoms with van der Waals surface area (Å²) in [7, 11) is 0. The normalized spacial score (nSPS) is 29.1. The second-order valence-corrected chi connectivity index (χ2v) is 13.4. The number of ketones is 1. The number of rotatable bonds is 6. The molecule has 2 N–H and O–H groups in total. The molecule has 4 saturated carbocycles. The van der Waals surface area contributed by atoms with E-state index in [0.717, 1.165) is 65.9 Å². The van der Waals surface area contributed by atoms with Crippen molar-refractivity contribution in [1.82, 2.24) is 20.4 Å². The summed E-state index contributed by atoms with van der Waals surface area (Å²) in [5.41, 5.74) is 5.56. The zero-order valence-corrected chi connectivity index (χ0v) is 28.9. The van der Waals surface area contributed by atoms with Crippen molar-refractivity contribution in [3.05, 3.63) is 33.9 Å². The van der Waals surface area contributed by atoms with Gasteiger partial charge in [0.25, 0.3) is 0 Å². The monoisotopic (exact) mass is 684 g/mol. The minimum Gasteiger partial charge on any atom is -0.461 e. The highest BCUT2D eigenvalue weighted by Gasteiger charge is 2.56. The summed E-state index contributed by atoms with van der Waals surface area (Å²) in [5.74, 6) is 4.40. The van der Waals surface area contributed by atoms with E-state index in [2.05, 4.69) is 50.6 Å². The molecule has 2 heterocycles. The van der Waals surface area contributed by atoms with Gasteiger partial charge in [0.05, 0.1) is 26.4 Å². The molecule has 0 radical (unpaired) electrons. The molecule has 6 aliphatic rings. The van der Waals surface area contributed by atoms with Crippen LogP contribution in [0.5, 0.6) is 0 Å². The van der Waals surface area contributed by atoms with Gasteiger partial charge in [-0.15, -0.1) is 0 Å². The van der Waals surface area contributed by atoms with Crippen molar-refractivity contribution in [2.45, 2.75) is 93.4 Å². The van der Waals surface area contributed by atoms with Gasteiger partial charge in [0.2, 0.25) is 0 Å².